The number of nitrogens with one attached hydrogen (secondary N) is 1. The van der Waals surface area contributed by atoms with Crippen LogP contribution in [0.1, 0.15) is 6.92 Å². The number of carbonyl (C=O) groups is 1. The van der Waals surface area contributed by atoms with E-state index in [2.05, 4.69) is 5.32 Å². The van der Waals surface area contributed by atoms with Crippen molar-refractivity contribution >= 4 is 39.1 Å². The van der Waals surface area contributed by atoms with E-state index in [0.717, 1.165) is 0 Å². The monoisotopic (exact) mass is 364 g/mol. The van der Waals surface area contributed by atoms with Crippen LogP contribution in [0.15, 0.2) is 23.1 Å². The Hall–Kier alpha value is -0.860. The van der Waals surface area contributed by atoms with Crippen molar-refractivity contribution in [3.05, 3.63) is 28.2 Å². The van der Waals surface area contributed by atoms with E-state index in [4.69, 9.17) is 27.9 Å². The summed E-state index contributed by atoms with van der Waals surface area (Å²) in [6, 6.07) is 3.56. The van der Waals surface area contributed by atoms with Gasteiger partial charge in [-0.05, 0) is 19.1 Å². The molecular weight excluding hydrogens is 351 g/mol. The summed E-state index contributed by atoms with van der Waals surface area (Å²) in [7, 11) is -3.99. The Morgan fingerprint density at radius 3 is 2.64 bits per heavy atom. The molecule has 1 aromatic carbocycles. The summed E-state index contributed by atoms with van der Waals surface area (Å²) in [5, 5.41) is 2.83. The zero-order valence-electron chi connectivity index (χ0n) is 11.7. The van der Waals surface area contributed by atoms with Crippen LogP contribution in [-0.4, -0.2) is 50.0 Å². The molecule has 2 aliphatic heterocycles. The highest BCUT2D eigenvalue weighted by Crippen LogP contribution is 2.38. The van der Waals surface area contributed by atoms with E-state index < -0.39 is 21.6 Å². The van der Waals surface area contributed by atoms with Gasteiger partial charge < -0.3 is 10.1 Å². The van der Waals surface area contributed by atoms with E-state index in [1.54, 1.807) is 6.92 Å². The number of nitrogens with zero attached hydrogens (tertiary/aromatic N) is 1. The van der Waals surface area contributed by atoms with Crippen LogP contribution in [0, 0.1) is 0 Å². The molecule has 1 atom stereocenters. The number of ether oxygens (including phenoxy) is 1. The van der Waals surface area contributed by atoms with Gasteiger partial charge in [-0.1, -0.05) is 29.3 Å². The lowest BCUT2D eigenvalue weighted by Gasteiger charge is -2.53. The number of benzene rings is 1. The summed E-state index contributed by atoms with van der Waals surface area (Å²) in [6.45, 7) is 2.22. The molecule has 0 aliphatic carbocycles. The maximum atomic E-state index is 13.1. The zero-order chi connectivity index (χ0) is 16.1. The summed E-state index contributed by atoms with van der Waals surface area (Å²) in [5.41, 5.74) is -0.766. The molecule has 9 heteroatoms. The van der Waals surface area contributed by atoms with Crippen molar-refractivity contribution in [1.29, 1.82) is 0 Å². The van der Waals surface area contributed by atoms with Crippen LogP contribution < -0.4 is 5.32 Å². The molecule has 0 radical (unpaired) electrons. The van der Waals surface area contributed by atoms with Crippen LogP contribution in [0.25, 0.3) is 0 Å². The van der Waals surface area contributed by atoms with Gasteiger partial charge in [0.1, 0.15) is 16.5 Å². The Kier molecular flexibility index (Phi) is 3.89. The number of hydrogen-bond donors (Lipinski definition) is 1. The van der Waals surface area contributed by atoms with Gasteiger partial charge in [0.2, 0.25) is 15.9 Å². The molecule has 0 aromatic heterocycles. The Labute approximate surface area is 138 Å². The van der Waals surface area contributed by atoms with Crippen LogP contribution in [0.5, 0.6) is 0 Å². The highest BCUT2D eigenvalue weighted by molar-refractivity contribution is 7.89. The van der Waals surface area contributed by atoms with Gasteiger partial charge in [0.25, 0.3) is 0 Å². The number of piperazine rings is 1. The molecule has 2 heterocycles. The molecule has 2 saturated heterocycles. The normalized spacial score (nSPS) is 24.9. The topological polar surface area (TPSA) is 75.7 Å². The van der Waals surface area contributed by atoms with Crippen molar-refractivity contribution in [2.24, 2.45) is 0 Å². The van der Waals surface area contributed by atoms with Crippen molar-refractivity contribution in [3.63, 3.8) is 0 Å². The Morgan fingerprint density at radius 1 is 1.36 bits per heavy atom. The van der Waals surface area contributed by atoms with Crippen LogP contribution in [0.3, 0.4) is 0 Å². The molecule has 120 valence electrons. The van der Waals surface area contributed by atoms with Gasteiger partial charge in [0.05, 0.1) is 23.3 Å². The molecule has 1 N–H and O–H groups in total. The van der Waals surface area contributed by atoms with Crippen LogP contribution in [0.2, 0.25) is 10.0 Å². The molecule has 6 nitrogen and oxygen atoms in total. The highest BCUT2D eigenvalue weighted by Gasteiger charge is 2.56. The van der Waals surface area contributed by atoms with Gasteiger partial charge in [-0.15, -0.1) is 0 Å². The molecule has 0 unspecified atom stereocenters. The number of rotatable bonds is 2. The average molecular weight is 365 g/mol. The standard InChI is InChI=1S/C13H14Cl2N2O4S/c1-8-12(18)16-5-13(6-21-7-13)17(8)22(19,20)10-4-2-3-9(14)11(10)15/h2-4,8H,5-7H2,1H3,(H,16,18)/t8-/m0/s1. The van der Waals surface area contributed by atoms with Gasteiger partial charge in [-0.2, -0.15) is 4.31 Å². The van der Waals surface area contributed by atoms with Gasteiger partial charge in [-0.3, -0.25) is 4.79 Å². The fourth-order valence-corrected chi connectivity index (χ4v) is 5.45. The van der Waals surface area contributed by atoms with E-state index >= 15 is 0 Å². The average Bonchev–Trinajstić information content (AvgIpc) is 2.42. The Bertz CT molecular complexity index is 734. The number of halogens is 2. The summed E-state index contributed by atoms with van der Waals surface area (Å²) in [6.07, 6.45) is 0. The predicted octanol–water partition coefficient (Wildman–Crippen LogP) is 1.27. The maximum Gasteiger partial charge on any atom is 0.246 e. The van der Waals surface area contributed by atoms with E-state index in [1.165, 1.54) is 22.5 Å². The molecule has 0 saturated carbocycles. The lowest BCUT2D eigenvalue weighted by molar-refractivity contribution is -0.153. The summed E-state index contributed by atoms with van der Waals surface area (Å²) >= 11 is 12.0. The molecule has 2 aliphatic rings. The number of carbonyl (C=O) groups excluding carboxylic acids is 1. The third-order valence-electron chi connectivity index (χ3n) is 3.98. The second-order valence-corrected chi connectivity index (χ2v) is 8.03. The smallest absolute Gasteiger partial charge is 0.246 e. The van der Waals surface area contributed by atoms with Crippen LogP contribution in [-0.2, 0) is 19.6 Å². The minimum Gasteiger partial charge on any atom is -0.377 e. The molecule has 1 aromatic rings. The van der Waals surface area contributed by atoms with Crippen molar-refractivity contribution < 1.29 is 17.9 Å². The van der Waals surface area contributed by atoms with Crippen molar-refractivity contribution in [1.82, 2.24) is 9.62 Å². The van der Waals surface area contributed by atoms with Crippen molar-refractivity contribution in [2.45, 2.75) is 23.4 Å². The largest absolute Gasteiger partial charge is 0.377 e. The second-order valence-electron chi connectivity index (χ2n) is 5.46. The molecule has 3 rings (SSSR count). The molecule has 1 amide bonds. The lowest BCUT2D eigenvalue weighted by Crippen LogP contribution is -2.75. The summed E-state index contributed by atoms with van der Waals surface area (Å²) in [4.78, 5) is 11.8. The fraction of sp³-hybridized carbons (Fsp3) is 0.462. The minimum atomic E-state index is -3.99. The third-order valence-corrected chi connectivity index (χ3v) is 7.03. The maximum absolute atomic E-state index is 13.1. The Balaban J connectivity index is 2.13. The number of sulfonamides is 1. The summed E-state index contributed by atoms with van der Waals surface area (Å²) < 4.78 is 32.6. The molecule has 1 spiro atoms. The minimum absolute atomic E-state index is 0.0438. The number of hydrogen-bond acceptors (Lipinski definition) is 4. The molecule has 22 heavy (non-hydrogen) atoms. The van der Waals surface area contributed by atoms with E-state index in [0.29, 0.717) is 0 Å². The van der Waals surface area contributed by atoms with Crippen molar-refractivity contribution in [2.75, 3.05) is 19.8 Å². The van der Waals surface area contributed by atoms with Gasteiger partial charge in [-0.25, -0.2) is 8.42 Å². The van der Waals surface area contributed by atoms with E-state index in [9.17, 15) is 13.2 Å². The number of amides is 1. The van der Waals surface area contributed by atoms with Crippen LogP contribution in [0.4, 0.5) is 0 Å². The lowest BCUT2D eigenvalue weighted by atomic mass is 9.93. The van der Waals surface area contributed by atoms with E-state index in [1.807, 2.05) is 0 Å². The predicted molar refractivity (Wildman–Crippen MR) is 81.5 cm³/mol. The third kappa shape index (κ3) is 2.23. The van der Waals surface area contributed by atoms with Gasteiger partial charge in [0.15, 0.2) is 0 Å². The van der Waals surface area contributed by atoms with Crippen molar-refractivity contribution in [3.8, 4) is 0 Å². The first kappa shape index (κ1) is 16.0. The SMILES string of the molecule is C[C@H]1C(=O)NCC2(COC2)N1S(=O)(=O)c1cccc(Cl)c1Cl. The summed E-state index contributed by atoms with van der Waals surface area (Å²) in [5.74, 6) is -0.348. The van der Waals surface area contributed by atoms with E-state index in [-0.39, 0.29) is 40.6 Å². The first-order valence-corrected chi connectivity index (χ1v) is 8.83. The quantitative estimate of drug-likeness (QED) is 0.857. The zero-order valence-corrected chi connectivity index (χ0v) is 14.0. The molecular formula is C13H14Cl2N2O4S. The molecule has 2 fully saturated rings. The first-order valence-electron chi connectivity index (χ1n) is 6.64. The molecule has 0 bridgehead atoms. The second kappa shape index (κ2) is 5.35. The van der Waals surface area contributed by atoms with Gasteiger partial charge >= 0.3 is 0 Å². The first-order chi connectivity index (χ1) is 10.3. The highest BCUT2D eigenvalue weighted by atomic mass is 35.5. The Morgan fingerprint density at radius 2 is 2.05 bits per heavy atom. The van der Waals surface area contributed by atoms with Gasteiger partial charge in [0, 0.05) is 6.54 Å². The fourth-order valence-electron chi connectivity index (χ4n) is 2.81. The van der Waals surface area contributed by atoms with Crippen LogP contribution >= 0.6 is 23.2 Å².